The normalized spacial score (nSPS) is 37.7. The van der Waals surface area contributed by atoms with Crippen LogP contribution in [0.3, 0.4) is 0 Å². The Balaban J connectivity index is 1.40. The highest BCUT2D eigenvalue weighted by Crippen LogP contribution is 2.69. The van der Waals surface area contributed by atoms with Crippen LogP contribution in [0, 0.1) is 22.7 Å². The van der Waals surface area contributed by atoms with E-state index < -0.39 is 88.4 Å². The first-order chi connectivity index (χ1) is 21.1. The number of unbranched alkanes of at least 4 members (excludes halogenated alkanes) is 2. The third-order valence-electron chi connectivity index (χ3n) is 10.7. The van der Waals surface area contributed by atoms with E-state index in [0.717, 1.165) is 0 Å². The summed E-state index contributed by atoms with van der Waals surface area (Å²) in [6, 6.07) is -1.51. The first-order valence-electron chi connectivity index (χ1n) is 15.2. The molecule has 0 heterocycles. The van der Waals surface area contributed by atoms with Crippen LogP contribution in [-0.2, 0) is 28.8 Å². The third-order valence-corrected chi connectivity index (χ3v) is 10.7. The summed E-state index contributed by atoms with van der Waals surface area (Å²) in [7, 11) is 0. The summed E-state index contributed by atoms with van der Waals surface area (Å²) in [6.07, 6.45) is 2.09. The van der Waals surface area contributed by atoms with Gasteiger partial charge in [-0.2, -0.15) is 0 Å². The van der Waals surface area contributed by atoms with Gasteiger partial charge in [0, 0.05) is 23.2 Å². The highest BCUT2D eigenvalue weighted by molar-refractivity contribution is 6.01. The maximum absolute atomic E-state index is 17.2. The number of fused-ring (bicyclic) bond motifs is 5. The van der Waals surface area contributed by atoms with E-state index in [1.165, 1.54) is 25.2 Å². The second-order valence-electron chi connectivity index (χ2n) is 13.0. The minimum atomic E-state index is -2.50. The Bertz CT molecular complexity index is 1240. The number of nitrogens with zero attached hydrogens (tertiary/aromatic N) is 1. The number of carbonyl (C=O) groups is 4. The number of aliphatic hydroxyl groups is 4. The minimum absolute atomic E-state index is 0.000504. The lowest BCUT2D eigenvalue weighted by Crippen LogP contribution is -2.69. The molecule has 3 saturated carbocycles. The van der Waals surface area contributed by atoms with Crippen LogP contribution in [0.1, 0.15) is 65.2 Å². The zero-order valence-corrected chi connectivity index (χ0v) is 25.4. The van der Waals surface area contributed by atoms with E-state index in [0.29, 0.717) is 31.3 Å². The zero-order valence-electron chi connectivity index (χ0n) is 25.4. The van der Waals surface area contributed by atoms with E-state index in [-0.39, 0.29) is 38.1 Å². The molecular formula is C30H43FN2O12. The predicted octanol–water partition coefficient (Wildman–Crippen LogP) is 0.221. The minimum Gasteiger partial charge on any atom is -0.456 e. The van der Waals surface area contributed by atoms with Gasteiger partial charge in [0.05, 0.1) is 30.8 Å². The monoisotopic (exact) mass is 642 g/mol. The summed E-state index contributed by atoms with van der Waals surface area (Å²) in [6.45, 7) is 1.28. The highest BCUT2D eigenvalue weighted by Gasteiger charge is 2.76. The number of rotatable bonds is 13. The van der Waals surface area contributed by atoms with E-state index in [4.69, 9.17) is 15.2 Å². The molecule has 7 N–H and O–H groups in total. The van der Waals surface area contributed by atoms with Crippen LogP contribution in [0.5, 0.6) is 0 Å². The molecule has 45 heavy (non-hydrogen) atoms. The largest absolute Gasteiger partial charge is 0.456 e. The molecule has 15 heteroatoms. The van der Waals surface area contributed by atoms with E-state index in [9.17, 15) is 39.6 Å². The quantitative estimate of drug-likeness (QED) is 0.0812. The van der Waals surface area contributed by atoms with E-state index in [2.05, 4.69) is 10.2 Å². The van der Waals surface area contributed by atoms with Gasteiger partial charge >= 0.3 is 5.97 Å². The number of hydrogen-bond donors (Lipinski definition) is 7. The molecule has 0 spiro atoms. The van der Waals surface area contributed by atoms with E-state index in [1.807, 2.05) is 0 Å². The maximum atomic E-state index is 17.2. The Kier molecular flexibility index (Phi) is 10.4. The lowest BCUT2D eigenvalue weighted by molar-refractivity contribution is -0.492. The summed E-state index contributed by atoms with van der Waals surface area (Å²) >= 11 is 0. The number of aliphatic hydroxyl groups excluding tert-OH is 3. The van der Waals surface area contributed by atoms with Crippen molar-refractivity contribution in [2.45, 2.75) is 94.7 Å². The summed E-state index contributed by atoms with van der Waals surface area (Å²) in [5, 5.41) is 62.7. The van der Waals surface area contributed by atoms with Crippen molar-refractivity contribution in [1.29, 1.82) is 0 Å². The smallest absolute Gasteiger partial charge is 0.331 e. The summed E-state index contributed by atoms with van der Waals surface area (Å²) < 4.78 is 22.3. The first-order valence-corrected chi connectivity index (χ1v) is 15.2. The molecular weight excluding hydrogens is 599 g/mol. The number of nitrogens with one attached hydrogen (secondary N) is 1. The molecule has 14 nitrogen and oxygen atoms in total. The van der Waals surface area contributed by atoms with Crippen molar-refractivity contribution in [3.05, 3.63) is 23.8 Å². The van der Waals surface area contributed by atoms with Gasteiger partial charge in [-0.1, -0.05) is 25.0 Å². The SMILES string of the molecule is C[C@]12C=CC(=O)C=C1CC[C@H]1[C@@H]3C[C@@H](O)[C@](O)(C(=O)COC(=O)C(CO)NC(=O)CCCCCON(O)O)[C@@]3(C)C[C@H](O)[C@@]12F. The molecule has 4 rings (SSSR count). The molecule has 9 atom stereocenters. The van der Waals surface area contributed by atoms with Gasteiger partial charge in [-0.15, -0.1) is 0 Å². The van der Waals surface area contributed by atoms with Gasteiger partial charge < -0.3 is 30.5 Å². The van der Waals surface area contributed by atoms with Crippen molar-refractivity contribution in [2.75, 3.05) is 19.8 Å². The summed E-state index contributed by atoms with van der Waals surface area (Å²) in [5.41, 5.74) is -6.97. The van der Waals surface area contributed by atoms with Crippen LogP contribution in [0.25, 0.3) is 0 Å². The fourth-order valence-electron chi connectivity index (χ4n) is 8.23. The summed E-state index contributed by atoms with van der Waals surface area (Å²) in [5.74, 6) is -4.68. The van der Waals surface area contributed by atoms with Crippen LogP contribution in [0.4, 0.5) is 4.39 Å². The molecule has 1 amide bonds. The van der Waals surface area contributed by atoms with Crippen molar-refractivity contribution in [3.8, 4) is 0 Å². The molecule has 0 aromatic carbocycles. The number of ketones is 2. The van der Waals surface area contributed by atoms with Gasteiger partial charge in [0.1, 0.15) is 0 Å². The van der Waals surface area contributed by atoms with Crippen LogP contribution >= 0.6 is 0 Å². The first kappa shape index (κ1) is 35.2. The number of esters is 1. The van der Waals surface area contributed by atoms with Crippen LogP contribution < -0.4 is 5.32 Å². The van der Waals surface area contributed by atoms with Gasteiger partial charge in [-0.3, -0.25) is 29.6 Å². The Morgan fingerprint density at radius 3 is 2.51 bits per heavy atom. The number of allylic oxidation sites excluding steroid dienone is 4. The average molecular weight is 643 g/mol. The van der Waals surface area contributed by atoms with E-state index >= 15 is 4.39 Å². The number of alkyl halides is 1. The van der Waals surface area contributed by atoms with Crippen molar-refractivity contribution >= 4 is 23.4 Å². The molecule has 0 radical (unpaired) electrons. The molecule has 0 aromatic heterocycles. The zero-order chi connectivity index (χ0) is 33.4. The molecule has 4 aliphatic rings. The van der Waals surface area contributed by atoms with Crippen molar-refractivity contribution in [1.82, 2.24) is 10.7 Å². The van der Waals surface area contributed by atoms with E-state index in [1.54, 1.807) is 6.92 Å². The topological polar surface area (TPSA) is 223 Å². The second kappa shape index (κ2) is 13.2. The third kappa shape index (κ3) is 6.00. The average Bonchev–Trinajstić information content (AvgIpc) is 3.18. The van der Waals surface area contributed by atoms with Crippen LogP contribution in [-0.4, -0.2) is 109 Å². The standard InChI is InChI=1S/C30H43FN2O12/c1-27-10-9-18(35)12-17(27)7-8-19-20-13-22(36)30(41,28(20,2)14-23(37)29(19,27)31)24(38)16-44-26(40)21(15-34)32-25(39)6-4-3-5-11-45-33(42)43/h9-10,12,19-23,34,36-37,41-43H,3-8,11,13-16H2,1-2H3,(H,32,39)/t19-,20-,21?,22+,23-,27-,28-,29-,30-/m0/s1. The fraction of sp³-hybridized carbons (Fsp3) is 0.733. The van der Waals surface area contributed by atoms with Crippen molar-refractivity contribution in [3.63, 3.8) is 0 Å². The summed E-state index contributed by atoms with van der Waals surface area (Å²) in [4.78, 5) is 54.8. The van der Waals surface area contributed by atoms with Gasteiger partial charge in [0.25, 0.3) is 0 Å². The molecule has 0 aliphatic heterocycles. The second-order valence-corrected chi connectivity index (χ2v) is 13.0. The number of Topliss-reactive ketones (excluding diaryl/α,β-unsaturated/α-hetero) is 1. The van der Waals surface area contributed by atoms with Crippen molar-refractivity contribution in [2.24, 2.45) is 22.7 Å². The molecule has 0 bridgehead atoms. The molecule has 0 saturated heterocycles. The number of halogens is 1. The predicted molar refractivity (Wildman–Crippen MR) is 150 cm³/mol. The van der Waals surface area contributed by atoms with Gasteiger partial charge in [-0.25, -0.2) is 9.18 Å². The lowest BCUT2D eigenvalue weighted by atomic mass is 9.44. The Labute approximate surface area is 259 Å². The van der Waals surface area contributed by atoms with Gasteiger partial charge in [0.15, 0.2) is 29.7 Å². The lowest BCUT2D eigenvalue weighted by Gasteiger charge is -2.62. The van der Waals surface area contributed by atoms with Crippen LogP contribution in [0.15, 0.2) is 23.8 Å². The van der Waals surface area contributed by atoms with Crippen molar-refractivity contribution < 1.29 is 64.0 Å². The number of carbonyl (C=O) groups excluding carboxylic acids is 4. The molecule has 4 aliphatic carbocycles. The Hall–Kier alpha value is -2.63. The van der Waals surface area contributed by atoms with Crippen LogP contribution in [0.2, 0.25) is 0 Å². The molecule has 3 fully saturated rings. The molecule has 252 valence electrons. The van der Waals surface area contributed by atoms with Gasteiger partial charge in [0.2, 0.25) is 11.7 Å². The number of hydrogen-bond acceptors (Lipinski definition) is 13. The van der Waals surface area contributed by atoms with Gasteiger partial charge in [-0.05, 0) is 63.5 Å². The fourth-order valence-corrected chi connectivity index (χ4v) is 8.23. The Morgan fingerprint density at radius 1 is 1.13 bits per heavy atom. The number of amides is 1. The molecule has 1 unspecified atom stereocenters. The maximum Gasteiger partial charge on any atom is 0.331 e. The molecule has 0 aromatic rings. The highest BCUT2D eigenvalue weighted by atomic mass is 19.1. The Morgan fingerprint density at radius 2 is 1.84 bits per heavy atom. The number of ether oxygens (including phenoxy) is 1.